The maximum absolute atomic E-state index is 11.5. The van der Waals surface area contributed by atoms with Crippen LogP contribution < -0.4 is 4.74 Å². The molecule has 2 atom stereocenters. The highest BCUT2D eigenvalue weighted by Crippen LogP contribution is 2.43. The van der Waals surface area contributed by atoms with Crippen LogP contribution in [0.3, 0.4) is 0 Å². The topological polar surface area (TPSA) is 62.1 Å². The number of methoxy groups -OCH3 is 1. The molecular weight excluding hydrogens is 324 g/mol. The zero-order chi connectivity index (χ0) is 17.2. The Hall–Kier alpha value is -1.95. The third-order valence-corrected chi connectivity index (χ3v) is 5.61. The van der Waals surface area contributed by atoms with E-state index in [9.17, 15) is 9.90 Å². The van der Waals surface area contributed by atoms with Crippen LogP contribution in [-0.2, 0) is 11.3 Å². The van der Waals surface area contributed by atoms with Gasteiger partial charge < -0.3 is 14.7 Å². The van der Waals surface area contributed by atoms with E-state index in [2.05, 4.69) is 17.0 Å². The van der Waals surface area contributed by atoms with Crippen LogP contribution in [0.1, 0.15) is 25.3 Å². The predicted octanol–water partition coefficient (Wildman–Crippen LogP) is 3.37. The second-order valence-electron chi connectivity index (χ2n) is 6.22. The molecule has 0 saturated carbocycles. The lowest BCUT2D eigenvalue weighted by Gasteiger charge is -2.27. The second-order valence-corrected chi connectivity index (χ2v) is 7.55. The SMILES string of the molecule is COc1ccc(CN2CCCC2=NC2(C)SC=CC2C(=O)O)cc1. The number of hydrogen-bond donors (Lipinski definition) is 1. The maximum atomic E-state index is 11.5. The normalized spacial score (nSPS) is 27.8. The molecule has 1 aromatic carbocycles. The van der Waals surface area contributed by atoms with Crippen molar-refractivity contribution in [1.82, 2.24) is 4.90 Å². The molecule has 128 valence electrons. The molecule has 24 heavy (non-hydrogen) atoms. The molecular formula is C18H22N2O3S. The monoisotopic (exact) mass is 346 g/mol. The van der Waals surface area contributed by atoms with Gasteiger partial charge in [0.1, 0.15) is 22.4 Å². The van der Waals surface area contributed by atoms with E-state index in [1.807, 2.05) is 24.5 Å². The Morgan fingerprint density at radius 2 is 2.21 bits per heavy atom. The molecule has 1 N–H and O–H groups in total. The number of ether oxygens (including phenoxy) is 1. The zero-order valence-electron chi connectivity index (χ0n) is 13.9. The van der Waals surface area contributed by atoms with Gasteiger partial charge in [0.15, 0.2) is 0 Å². The fourth-order valence-electron chi connectivity index (χ4n) is 3.13. The highest BCUT2D eigenvalue weighted by Gasteiger charge is 2.42. The zero-order valence-corrected chi connectivity index (χ0v) is 14.8. The number of thioether (sulfide) groups is 1. The minimum atomic E-state index is -0.817. The van der Waals surface area contributed by atoms with Crippen LogP contribution in [-0.4, -0.2) is 40.3 Å². The fraction of sp³-hybridized carbons (Fsp3) is 0.444. The third-order valence-electron chi connectivity index (χ3n) is 4.50. The second kappa shape index (κ2) is 6.89. The first-order chi connectivity index (χ1) is 11.5. The van der Waals surface area contributed by atoms with E-state index in [0.717, 1.165) is 37.5 Å². The van der Waals surface area contributed by atoms with E-state index in [1.54, 1.807) is 13.2 Å². The first-order valence-corrected chi connectivity index (χ1v) is 8.94. The molecule has 2 unspecified atom stereocenters. The fourth-order valence-corrected chi connectivity index (χ4v) is 4.13. The molecule has 0 aliphatic carbocycles. The Morgan fingerprint density at radius 1 is 1.46 bits per heavy atom. The van der Waals surface area contributed by atoms with Gasteiger partial charge in [-0.2, -0.15) is 0 Å². The minimum Gasteiger partial charge on any atom is -0.497 e. The Kier molecular flexibility index (Phi) is 4.85. The van der Waals surface area contributed by atoms with Crippen molar-refractivity contribution >= 4 is 23.6 Å². The summed E-state index contributed by atoms with van der Waals surface area (Å²) in [4.78, 5) is 17.9. The van der Waals surface area contributed by atoms with Gasteiger partial charge in [0.05, 0.1) is 7.11 Å². The number of aliphatic carboxylic acids is 1. The number of aliphatic imine (C=N–C) groups is 1. The molecule has 2 aliphatic heterocycles. The number of hydrogen-bond acceptors (Lipinski definition) is 4. The van der Waals surface area contributed by atoms with Crippen LogP contribution in [0.5, 0.6) is 5.75 Å². The first kappa shape index (κ1) is 16.9. The first-order valence-electron chi connectivity index (χ1n) is 8.06. The molecule has 3 rings (SSSR count). The minimum absolute atomic E-state index is 0.571. The number of amidine groups is 1. The van der Waals surface area contributed by atoms with E-state index in [1.165, 1.54) is 17.3 Å². The quantitative estimate of drug-likeness (QED) is 0.886. The number of carbonyl (C=O) groups is 1. The summed E-state index contributed by atoms with van der Waals surface area (Å²) >= 11 is 1.49. The van der Waals surface area contributed by atoms with Gasteiger partial charge in [-0.3, -0.25) is 9.79 Å². The van der Waals surface area contributed by atoms with Crippen molar-refractivity contribution in [1.29, 1.82) is 0 Å². The van der Waals surface area contributed by atoms with Crippen LogP contribution in [0, 0.1) is 5.92 Å². The van der Waals surface area contributed by atoms with Crippen LogP contribution in [0.25, 0.3) is 0 Å². The summed E-state index contributed by atoms with van der Waals surface area (Å²) in [7, 11) is 1.66. The summed E-state index contributed by atoms with van der Waals surface area (Å²) < 4.78 is 5.19. The van der Waals surface area contributed by atoms with E-state index in [4.69, 9.17) is 9.73 Å². The van der Waals surface area contributed by atoms with Gasteiger partial charge in [-0.05, 0) is 36.4 Å². The van der Waals surface area contributed by atoms with Gasteiger partial charge in [0.25, 0.3) is 0 Å². The van der Waals surface area contributed by atoms with Crippen LogP contribution in [0.2, 0.25) is 0 Å². The number of carboxylic acids is 1. The third kappa shape index (κ3) is 3.43. The number of likely N-dealkylation sites (tertiary alicyclic amines) is 1. The molecule has 0 spiro atoms. The van der Waals surface area contributed by atoms with E-state index >= 15 is 0 Å². The van der Waals surface area contributed by atoms with Gasteiger partial charge in [-0.25, -0.2) is 0 Å². The molecule has 0 aromatic heterocycles. The predicted molar refractivity (Wildman–Crippen MR) is 96.3 cm³/mol. The molecule has 0 radical (unpaired) electrons. The molecule has 0 bridgehead atoms. The number of benzene rings is 1. The molecule has 6 heteroatoms. The van der Waals surface area contributed by atoms with Gasteiger partial charge in [0.2, 0.25) is 0 Å². The summed E-state index contributed by atoms with van der Waals surface area (Å²) in [5.74, 6) is 0.469. The summed E-state index contributed by atoms with van der Waals surface area (Å²) in [5, 5.41) is 11.3. The van der Waals surface area contributed by atoms with E-state index < -0.39 is 16.8 Å². The lowest BCUT2D eigenvalue weighted by Crippen LogP contribution is -2.34. The molecule has 5 nitrogen and oxygen atoms in total. The molecule has 0 amide bonds. The molecule has 2 heterocycles. The number of carboxylic acid groups (broad SMARTS) is 1. The summed E-state index contributed by atoms with van der Waals surface area (Å²) in [6.45, 7) is 3.65. The Labute approximate surface area is 146 Å². The standard InChI is InChI=1S/C18H22N2O3S/c1-18(15(17(21)22)9-11-24-18)19-16-4-3-10-20(16)12-13-5-7-14(23-2)8-6-13/h5-9,11,15H,3-4,10,12H2,1-2H3,(H,21,22). The summed E-state index contributed by atoms with van der Waals surface area (Å²) in [6, 6.07) is 8.03. The van der Waals surface area contributed by atoms with Crippen molar-refractivity contribution < 1.29 is 14.6 Å². The summed E-state index contributed by atoms with van der Waals surface area (Å²) in [5.41, 5.74) is 1.20. The van der Waals surface area contributed by atoms with Crippen molar-refractivity contribution in [3.05, 3.63) is 41.3 Å². The lowest BCUT2D eigenvalue weighted by atomic mass is 10.0. The van der Waals surface area contributed by atoms with Crippen LogP contribution >= 0.6 is 11.8 Å². The van der Waals surface area contributed by atoms with Gasteiger partial charge in [-0.15, -0.1) is 11.8 Å². The van der Waals surface area contributed by atoms with Crippen LogP contribution in [0.4, 0.5) is 0 Å². The van der Waals surface area contributed by atoms with Gasteiger partial charge in [-0.1, -0.05) is 18.2 Å². The van der Waals surface area contributed by atoms with Gasteiger partial charge in [0, 0.05) is 19.5 Å². The summed E-state index contributed by atoms with van der Waals surface area (Å²) in [6.07, 6.45) is 3.69. The van der Waals surface area contributed by atoms with Gasteiger partial charge >= 0.3 is 5.97 Å². The van der Waals surface area contributed by atoms with E-state index in [-0.39, 0.29) is 0 Å². The Balaban J connectivity index is 1.76. The largest absolute Gasteiger partial charge is 0.497 e. The Bertz CT molecular complexity index is 671. The molecule has 1 saturated heterocycles. The average Bonchev–Trinajstić information content (AvgIpc) is 3.15. The van der Waals surface area contributed by atoms with Crippen molar-refractivity contribution in [3.8, 4) is 5.75 Å². The number of rotatable bonds is 5. The van der Waals surface area contributed by atoms with E-state index in [0.29, 0.717) is 0 Å². The van der Waals surface area contributed by atoms with Crippen molar-refractivity contribution in [2.75, 3.05) is 13.7 Å². The molecule has 1 aromatic rings. The number of nitrogens with zero attached hydrogens (tertiary/aromatic N) is 2. The highest BCUT2D eigenvalue weighted by atomic mass is 32.2. The van der Waals surface area contributed by atoms with Crippen molar-refractivity contribution in [2.24, 2.45) is 10.9 Å². The lowest BCUT2D eigenvalue weighted by molar-refractivity contribution is -0.140. The Morgan fingerprint density at radius 3 is 2.88 bits per heavy atom. The highest BCUT2D eigenvalue weighted by molar-refractivity contribution is 8.03. The maximum Gasteiger partial charge on any atom is 0.313 e. The van der Waals surface area contributed by atoms with Crippen molar-refractivity contribution in [3.63, 3.8) is 0 Å². The van der Waals surface area contributed by atoms with Crippen molar-refractivity contribution in [2.45, 2.75) is 31.2 Å². The smallest absolute Gasteiger partial charge is 0.313 e. The van der Waals surface area contributed by atoms with Crippen LogP contribution in [0.15, 0.2) is 40.7 Å². The molecule has 2 aliphatic rings. The average molecular weight is 346 g/mol. The molecule has 1 fully saturated rings.